The molecule has 0 bridgehead atoms. The van der Waals surface area contributed by atoms with E-state index < -0.39 is 0 Å². The van der Waals surface area contributed by atoms with Crippen molar-refractivity contribution in [1.29, 1.82) is 0 Å². The number of rotatable bonds is 2. The molecule has 3 heteroatoms. The second kappa shape index (κ2) is 4.99. The second-order valence-corrected chi connectivity index (χ2v) is 4.65. The largest absolute Gasteiger partial charge is 0.497 e. The van der Waals surface area contributed by atoms with Crippen LogP contribution in [0.15, 0.2) is 36.4 Å². The predicted octanol–water partition coefficient (Wildman–Crippen LogP) is 4.98. The Hall–Kier alpha value is -1.18. The molecule has 88 valence electrons. The molecule has 0 heterocycles. The van der Waals surface area contributed by atoms with Crippen LogP contribution in [0.3, 0.4) is 0 Å². The zero-order valence-corrected chi connectivity index (χ0v) is 11.1. The summed E-state index contributed by atoms with van der Waals surface area (Å²) in [4.78, 5) is 0. The van der Waals surface area contributed by atoms with Crippen molar-refractivity contribution in [2.75, 3.05) is 7.11 Å². The SMILES string of the molecule is COc1ccc(-c2cc(Cl)ccc2Cl)c(C)c1. The number of hydrogen-bond acceptors (Lipinski definition) is 1. The molecule has 0 saturated carbocycles. The summed E-state index contributed by atoms with van der Waals surface area (Å²) in [7, 11) is 1.65. The van der Waals surface area contributed by atoms with Gasteiger partial charge in [-0.3, -0.25) is 0 Å². The Bertz CT molecular complexity index is 550. The lowest BCUT2D eigenvalue weighted by atomic mass is 10.0. The highest BCUT2D eigenvalue weighted by Crippen LogP contribution is 2.33. The minimum absolute atomic E-state index is 0.680. The van der Waals surface area contributed by atoms with Crippen molar-refractivity contribution >= 4 is 23.2 Å². The lowest BCUT2D eigenvalue weighted by Gasteiger charge is -2.10. The molecular weight excluding hydrogens is 255 g/mol. The van der Waals surface area contributed by atoms with E-state index in [0.29, 0.717) is 10.0 Å². The normalized spacial score (nSPS) is 10.4. The molecule has 2 aromatic rings. The van der Waals surface area contributed by atoms with Crippen LogP contribution in [0.1, 0.15) is 5.56 Å². The zero-order valence-electron chi connectivity index (χ0n) is 9.63. The second-order valence-electron chi connectivity index (χ2n) is 3.81. The van der Waals surface area contributed by atoms with E-state index in [1.165, 1.54) is 0 Å². The first-order valence-corrected chi connectivity index (χ1v) is 5.97. The van der Waals surface area contributed by atoms with Crippen LogP contribution in [0.25, 0.3) is 11.1 Å². The summed E-state index contributed by atoms with van der Waals surface area (Å²) < 4.78 is 5.18. The maximum atomic E-state index is 6.19. The smallest absolute Gasteiger partial charge is 0.119 e. The number of hydrogen-bond donors (Lipinski definition) is 0. The van der Waals surface area contributed by atoms with Gasteiger partial charge in [0.05, 0.1) is 7.11 Å². The molecule has 0 saturated heterocycles. The van der Waals surface area contributed by atoms with Crippen LogP contribution < -0.4 is 4.74 Å². The van der Waals surface area contributed by atoms with Crippen LogP contribution in [0.4, 0.5) is 0 Å². The highest BCUT2D eigenvalue weighted by molar-refractivity contribution is 6.35. The molecule has 0 spiro atoms. The molecule has 0 amide bonds. The van der Waals surface area contributed by atoms with Gasteiger partial charge in [0.15, 0.2) is 0 Å². The van der Waals surface area contributed by atoms with Gasteiger partial charge in [-0.15, -0.1) is 0 Å². The van der Waals surface area contributed by atoms with Gasteiger partial charge in [0.25, 0.3) is 0 Å². The first kappa shape index (κ1) is 12.3. The highest BCUT2D eigenvalue weighted by atomic mass is 35.5. The van der Waals surface area contributed by atoms with Gasteiger partial charge in [-0.1, -0.05) is 29.3 Å². The Morgan fingerprint density at radius 2 is 1.71 bits per heavy atom. The van der Waals surface area contributed by atoms with Crippen molar-refractivity contribution in [1.82, 2.24) is 0 Å². The van der Waals surface area contributed by atoms with Gasteiger partial charge in [-0.05, 0) is 48.4 Å². The number of aryl methyl sites for hydroxylation is 1. The molecule has 0 unspecified atom stereocenters. The van der Waals surface area contributed by atoms with Crippen molar-refractivity contribution in [2.24, 2.45) is 0 Å². The maximum Gasteiger partial charge on any atom is 0.119 e. The third-order valence-corrected chi connectivity index (χ3v) is 3.22. The predicted molar refractivity (Wildman–Crippen MR) is 73.2 cm³/mol. The molecular formula is C14H12Cl2O. The van der Waals surface area contributed by atoms with Crippen molar-refractivity contribution in [3.05, 3.63) is 52.0 Å². The Kier molecular flexibility index (Phi) is 3.60. The Morgan fingerprint density at radius 3 is 2.35 bits per heavy atom. The minimum atomic E-state index is 0.680. The van der Waals surface area contributed by atoms with E-state index in [9.17, 15) is 0 Å². The molecule has 1 nitrogen and oxygen atoms in total. The lowest BCUT2D eigenvalue weighted by molar-refractivity contribution is 0.414. The molecule has 2 rings (SSSR count). The van der Waals surface area contributed by atoms with E-state index >= 15 is 0 Å². The fourth-order valence-electron chi connectivity index (χ4n) is 1.77. The first-order chi connectivity index (χ1) is 8.11. The van der Waals surface area contributed by atoms with Gasteiger partial charge in [0.2, 0.25) is 0 Å². The van der Waals surface area contributed by atoms with E-state index in [4.69, 9.17) is 27.9 Å². The van der Waals surface area contributed by atoms with E-state index in [2.05, 4.69) is 0 Å². The average Bonchev–Trinajstić information content (AvgIpc) is 2.32. The minimum Gasteiger partial charge on any atom is -0.497 e. The monoisotopic (exact) mass is 266 g/mol. The number of halogens is 2. The Morgan fingerprint density at radius 1 is 0.941 bits per heavy atom. The maximum absolute atomic E-state index is 6.19. The van der Waals surface area contributed by atoms with Crippen LogP contribution in [-0.2, 0) is 0 Å². The molecule has 2 aromatic carbocycles. The molecule has 0 aromatic heterocycles. The standard InChI is InChI=1S/C14H12Cl2O/c1-9-7-11(17-2)4-5-12(9)13-8-10(15)3-6-14(13)16/h3-8H,1-2H3. The van der Waals surface area contributed by atoms with Crippen LogP contribution in [0, 0.1) is 6.92 Å². The topological polar surface area (TPSA) is 9.23 Å². The van der Waals surface area contributed by atoms with Crippen LogP contribution >= 0.6 is 23.2 Å². The molecule has 17 heavy (non-hydrogen) atoms. The first-order valence-electron chi connectivity index (χ1n) is 5.22. The van der Waals surface area contributed by atoms with Crippen molar-refractivity contribution in [3.63, 3.8) is 0 Å². The van der Waals surface area contributed by atoms with Gasteiger partial charge < -0.3 is 4.74 Å². The van der Waals surface area contributed by atoms with Crippen LogP contribution in [0.5, 0.6) is 5.75 Å². The van der Waals surface area contributed by atoms with E-state index in [0.717, 1.165) is 22.4 Å². The van der Waals surface area contributed by atoms with Gasteiger partial charge >= 0.3 is 0 Å². The quantitative estimate of drug-likeness (QED) is 0.745. The molecule has 0 aliphatic carbocycles. The zero-order chi connectivity index (χ0) is 12.4. The summed E-state index contributed by atoms with van der Waals surface area (Å²) in [6.07, 6.45) is 0. The van der Waals surface area contributed by atoms with E-state index in [-0.39, 0.29) is 0 Å². The van der Waals surface area contributed by atoms with Gasteiger partial charge in [-0.25, -0.2) is 0 Å². The van der Waals surface area contributed by atoms with Gasteiger partial charge in [-0.2, -0.15) is 0 Å². The number of methoxy groups -OCH3 is 1. The van der Waals surface area contributed by atoms with Crippen LogP contribution in [-0.4, -0.2) is 7.11 Å². The Balaban J connectivity index is 2.56. The summed E-state index contributed by atoms with van der Waals surface area (Å²) >= 11 is 12.2. The third-order valence-electron chi connectivity index (χ3n) is 2.65. The van der Waals surface area contributed by atoms with Crippen LogP contribution in [0.2, 0.25) is 10.0 Å². The fraction of sp³-hybridized carbons (Fsp3) is 0.143. The van der Waals surface area contributed by atoms with Gasteiger partial charge in [0, 0.05) is 15.6 Å². The molecule has 0 radical (unpaired) electrons. The average molecular weight is 267 g/mol. The Labute approximate surface area is 111 Å². The van der Waals surface area contributed by atoms with E-state index in [1.54, 1.807) is 13.2 Å². The molecule has 0 atom stereocenters. The highest BCUT2D eigenvalue weighted by Gasteiger charge is 2.08. The van der Waals surface area contributed by atoms with Gasteiger partial charge in [0.1, 0.15) is 5.75 Å². The molecule has 0 N–H and O–H groups in total. The summed E-state index contributed by atoms with van der Waals surface area (Å²) in [6.45, 7) is 2.02. The van der Waals surface area contributed by atoms with Crippen molar-refractivity contribution < 1.29 is 4.74 Å². The molecule has 0 aliphatic rings. The van der Waals surface area contributed by atoms with E-state index in [1.807, 2.05) is 37.3 Å². The fourth-order valence-corrected chi connectivity index (χ4v) is 2.16. The van der Waals surface area contributed by atoms with Crippen molar-refractivity contribution in [2.45, 2.75) is 6.92 Å². The number of ether oxygens (including phenoxy) is 1. The van der Waals surface area contributed by atoms with Crippen molar-refractivity contribution in [3.8, 4) is 16.9 Å². The summed E-state index contributed by atoms with van der Waals surface area (Å²) in [5.41, 5.74) is 3.12. The lowest BCUT2D eigenvalue weighted by Crippen LogP contribution is -1.88. The summed E-state index contributed by atoms with van der Waals surface area (Å²) in [5.74, 6) is 0.837. The number of benzene rings is 2. The summed E-state index contributed by atoms with van der Waals surface area (Å²) in [5, 5.41) is 1.38. The third kappa shape index (κ3) is 2.56. The molecule has 0 aliphatic heterocycles. The summed E-state index contributed by atoms with van der Waals surface area (Å²) in [6, 6.07) is 11.4. The molecule has 0 fully saturated rings.